The van der Waals surface area contributed by atoms with Crippen LogP contribution in [0.2, 0.25) is 0 Å². The Morgan fingerprint density at radius 2 is 2.24 bits per heavy atom. The molecule has 1 atom stereocenters. The van der Waals surface area contributed by atoms with Crippen LogP contribution in [0.15, 0.2) is 18.2 Å². The number of hydrogen-bond acceptors (Lipinski definition) is 5. The minimum absolute atomic E-state index is 0.00940. The van der Waals surface area contributed by atoms with Gasteiger partial charge >= 0.3 is 0 Å². The number of aromatic nitrogens is 1. The summed E-state index contributed by atoms with van der Waals surface area (Å²) in [5.74, 6) is 2.32. The summed E-state index contributed by atoms with van der Waals surface area (Å²) in [7, 11) is 3.78. The minimum Gasteiger partial charge on any atom is -0.363 e. The molecule has 1 saturated heterocycles. The number of nitrogens with one attached hydrogen (secondary N) is 1. The van der Waals surface area contributed by atoms with Crippen molar-refractivity contribution in [2.24, 2.45) is 0 Å². The Morgan fingerprint density at radius 3 is 2.90 bits per heavy atom. The molecule has 1 N–H and O–H groups in total. The van der Waals surface area contributed by atoms with Crippen LogP contribution in [-0.2, 0) is 9.59 Å². The lowest BCUT2D eigenvalue weighted by Crippen LogP contribution is -2.44. The molecule has 1 aromatic rings. The molecule has 0 aromatic carbocycles. The second-order valence-electron chi connectivity index (χ2n) is 5.00. The fraction of sp³-hybridized carbons (Fsp3) is 0.500. The normalized spacial score (nSPS) is 17.7. The van der Waals surface area contributed by atoms with Gasteiger partial charge in [-0.05, 0) is 12.1 Å². The largest absolute Gasteiger partial charge is 0.363 e. The lowest BCUT2D eigenvalue weighted by atomic mass is 10.2. The summed E-state index contributed by atoms with van der Waals surface area (Å²) in [5.41, 5.74) is 0. The van der Waals surface area contributed by atoms with Crippen molar-refractivity contribution in [2.45, 2.75) is 19.4 Å². The van der Waals surface area contributed by atoms with E-state index in [0.717, 1.165) is 5.82 Å². The van der Waals surface area contributed by atoms with Crippen LogP contribution in [0, 0.1) is 0 Å². The van der Waals surface area contributed by atoms with Crippen LogP contribution < -0.4 is 10.2 Å². The summed E-state index contributed by atoms with van der Waals surface area (Å²) in [6, 6.07) is 5.05. The SMILES string of the molecule is CCC(=O)N1CSC[C@H]1C(=O)Nc1cccc(N(C)C)n1. The molecule has 0 bridgehead atoms. The number of carbonyl (C=O) groups is 2. The van der Waals surface area contributed by atoms with E-state index in [1.807, 2.05) is 38.1 Å². The molecule has 1 fully saturated rings. The number of anilines is 2. The van der Waals surface area contributed by atoms with Gasteiger partial charge in [0.2, 0.25) is 11.8 Å². The summed E-state index contributed by atoms with van der Waals surface area (Å²) in [6.07, 6.45) is 0.415. The number of hydrogen-bond donors (Lipinski definition) is 1. The van der Waals surface area contributed by atoms with Crippen molar-refractivity contribution in [3.05, 3.63) is 18.2 Å². The molecule has 7 heteroatoms. The predicted octanol–water partition coefficient (Wildman–Crippen LogP) is 1.40. The van der Waals surface area contributed by atoms with Gasteiger partial charge in [-0.2, -0.15) is 0 Å². The van der Waals surface area contributed by atoms with Gasteiger partial charge in [0, 0.05) is 26.3 Å². The molecule has 0 radical (unpaired) electrons. The molecule has 0 spiro atoms. The molecule has 0 unspecified atom stereocenters. The maximum Gasteiger partial charge on any atom is 0.249 e. The van der Waals surface area contributed by atoms with E-state index in [1.165, 1.54) is 0 Å². The first-order valence-electron chi connectivity index (χ1n) is 6.85. The van der Waals surface area contributed by atoms with Crippen LogP contribution in [0.3, 0.4) is 0 Å². The molecule has 1 aliphatic heterocycles. The topological polar surface area (TPSA) is 65.5 Å². The molecular formula is C14H20N4O2S. The van der Waals surface area contributed by atoms with Crippen LogP contribution in [0.1, 0.15) is 13.3 Å². The Kier molecular flexibility index (Phi) is 5.06. The highest BCUT2D eigenvalue weighted by Gasteiger charge is 2.33. The number of rotatable bonds is 4. The Balaban J connectivity index is 2.07. The summed E-state index contributed by atoms with van der Waals surface area (Å²) >= 11 is 1.60. The number of pyridine rings is 1. The molecule has 0 saturated carbocycles. The van der Waals surface area contributed by atoms with Crippen LogP contribution in [0.4, 0.5) is 11.6 Å². The Hall–Kier alpha value is -1.76. The van der Waals surface area contributed by atoms with Gasteiger partial charge in [0.1, 0.15) is 17.7 Å². The van der Waals surface area contributed by atoms with Crippen LogP contribution in [0.5, 0.6) is 0 Å². The van der Waals surface area contributed by atoms with E-state index >= 15 is 0 Å². The van der Waals surface area contributed by atoms with Crippen LogP contribution >= 0.6 is 11.8 Å². The average molecular weight is 308 g/mol. The Labute approximate surface area is 128 Å². The van der Waals surface area contributed by atoms with Crippen molar-refractivity contribution in [3.8, 4) is 0 Å². The van der Waals surface area contributed by atoms with Gasteiger partial charge in [-0.3, -0.25) is 9.59 Å². The van der Waals surface area contributed by atoms with Gasteiger partial charge in [-0.25, -0.2) is 4.98 Å². The molecule has 2 heterocycles. The third-order valence-corrected chi connectivity index (χ3v) is 4.26. The summed E-state index contributed by atoms with van der Waals surface area (Å²) in [4.78, 5) is 32.1. The number of carbonyl (C=O) groups excluding carboxylic acids is 2. The van der Waals surface area contributed by atoms with Crippen LogP contribution in [-0.4, -0.2) is 53.5 Å². The smallest absolute Gasteiger partial charge is 0.249 e. The lowest BCUT2D eigenvalue weighted by molar-refractivity contribution is -0.135. The van der Waals surface area contributed by atoms with Gasteiger partial charge in [0.25, 0.3) is 0 Å². The van der Waals surface area contributed by atoms with E-state index in [9.17, 15) is 9.59 Å². The fourth-order valence-electron chi connectivity index (χ4n) is 2.06. The standard InChI is InChI=1S/C14H20N4O2S/c1-4-13(19)18-9-21-8-10(18)14(20)16-11-6-5-7-12(15-11)17(2)3/h5-7,10H,4,8-9H2,1-3H3,(H,15,16,20)/t10-/m0/s1. The predicted molar refractivity (Wildman–Crippen MR) is 85.4 cm³/mol. The molecule has 1 aliphatic rings. The first-order chi connectivity index (χ1) is 10.0. The van der Waals surface area contributed by atoms with Gasteiger partial charge in [-0.15, -0.1) is 11.8 Å². The van der Waals surface area contributed by atoms with Crippen molar-refractivity contribution in [2.75, 3.05) is 35.9 Å². The third kappa shape index (κ3) is 3.66. The van der Waals surface area contributed by atoms with Crippen molar-refractivity contribution in [1.82, 2.24) is 9.88 Å². The van der Waals surface area contributed by atoms with Crippen LogP contribution in [0.25, 0.3) is 0 Å². The van der Waals surface area contributed by atoms with E-state index < -0.39 is 6.04 Å². The Bertz CT molecular complexity index is 535. The van der Waals surface area contributed by atoms with Gasteiger partial charge < -0.3 is 15.1 Å². The van der Waals surface area contributed by atoms with Gasteiger partial charge in [0.05, 0.1) is 5.88 Å². The zero-order chi connectivity index (χ0) is 15.4. The molecule has 0 aliphatic carbocycles. The Morgan fingerprint density at radius 1 is 1.48 bits per heavy atom. The van der Waals surface area contributed by atoms with E-state index in [-0.39, 0.29) is 11.8 Å². The molecule has 21 heavy (non-hydrogen) atoms. The van der Waals surface area contributed by atoms with E-state index in [2.05, 4.69) is 10.3 Å². The highest BCUT2D eigenvalue weighted by atomic mass is 32.2. The first kappa shape index (κ1) is 15.6. The second-order valence-corrected chi connectivity index (χ2v) is 6.00. The number of thioether (sulfide) groups is 1. The fourth-order valence-corrected chi connectivity index (χ4v) is 3.24. The van der Waals surface area contributed by atoms with E-state index in [1.54, 1.807) is 22.7 Å². The summed E-state index contributed by atoms with van der Waals surface area (Å²) < 4.78 is 0. The zero-order valence-corrected chi connectivity index (χ0v) is 13.3. The molecule has 1 aromatic heterocycles. The maximum atomic E-state index is 12.4. The quantitative estimate of drug-likeness (QED) is 0.911. The van der Waals surface area contributed by atoms with E-state index in [0.29, 0.717) is 23.9 Å². The lowest BCUT2D eigenvalue weighted by Gasteiger charge is -2.22. The molecule has 2 rings (SSSR count). The van der Waals surface area contributed by atoms with Gasteiger partial charge in [-0.1, -0.05) is 13.0 Å². The number of amides is 2. The van der Waals surface area contributed by atoms with E-state index in [4.69, 9.17) is 0 Å². The minimum atomic E-state index is -0.410. The van der Waals surface area contributed by atoms with Crippen molar-refractivity contribution >= 4 is 35.2 Å². The van der Waals surface area contributed by atoms with Gasteiger partial charge in [0.15, 0.2) is 0 Å². The highest BCUT2D eigenvalue weighted by Crippen LogP contribution is 2.23. The molecular weight excluding hydrogens is 288 g/mol. The summed E-state index contributed by atoms with van der Waals surface area (Å²) in [5, 5.41) is 2.80. The van der Waals surface area contributed by atoms with Crippen molar-refractivity contribution in [1.29, 1.82) is 0 Å². The molecule has 114 valence electrons. The second kappa shape index (κ2) is 6.80. The van der Waals surface area contributed by atoms with Crippen molar-refractivity contribution in [3.63, 3.8) is 0 Å². The highest BCUT2D eigenvalue weighted by molar-refractivity contribution is 7.99. The first-order valence-corrected chi connectivity index (χ1v) is 8.01. The zero-order valence-electron chi connectivity index (χ0n) is 12.5. The number of nitrogens with zero attached hydrogens (tertiary/aromatic N) is 3. The summed E-state index contributed by atoms with van der Waals surface area (Å²) in [6.45, 7) is 1.81. The third-order valence-electron chi connectivity index (χ3n) is 3.25. The molecule has 2 amide bonds. The monoisotopic (exact) mass is 308 g/mol. The molecule has 6 nitrogen and oxygen atoms in total. The maximum absolute atomic E-state index is 12.4. The van der Waals surface area contributed by atoms with Crippen molar-refractivity contribution < 1.29 is 9.59 Å². The average Bonchev–Trinajstić information content (AvgIpc) is 2.96.